The molecule has 0 amide bonds. The Bertz CT molecular complexity index is 340. The van der Waals surface area contributed by atoms with Crippen molar-refractivity contribution in [3.8, 4) is 0 Å². The molecule has 0 bridgehead atoms. The van der Waals surface area contributed by atoms with Gasteiger partial charge in [0.2, 0.25) is 0 Å². The summed E-state index contributed by atoms with van der Waals surface area (Å²) in [5, 5.41) is 0. The van der Waals surface area contributed by atoms with Crippen LogP contribution in [-0.4, -0.2) is 30.1 Å². The second kappa shape index (κ2) is 5.96. The second-order valence-corrected chi connectivity index (χ2v) is 6.37. The van der Waals surface area contributed by atoms with E-state index in [9.17, 15) is 0 Å². The molecule has 0 spiro atoms. The molecule has 1 aromatic rings. The van der Waals surface area contributed by atoms with Crippen molar-refractivity contribution in [2.75, 3.05) is 21.3 Å². The summed E-state index contributed by atoms with van der Waals surface area (Å²) in [6, 6.07) is 8.76. The third-order valence-corrected chi connectivity index (χ3v) is 5.25. The van der Waals surface area contributed by atoms with Crippen molar-refractivity contribution in [1.82, 2.24) is 0 Å². The molecule has 0 unspecified atom stereocenters. The lowest BCUT2D eigenvalue weighted by atomic mass is 10.1. The molecule has 0 N–H and O–H groups in total. The summed E-state index contributed by atoms with van der Waals surface area (Å²) in [6.07, 6.45) is 1.82. The molecule has 1 rings (SSSR count). The standard InChI is InChI=1S/C12H18O3Si/c1-5-11-7-6-8-12(9-11)10-16(13-2,14-3)15-4/h5-9H,1,10H2,2-4H3. The molecule has 3 nitrogen and oxygen atoms in total. The van der Waals surface area contributed by atoms with Crippen LogP contribution in [0.2, 0.25) is 0 Å². The summed E-state index contributed by atoms with van der Waals surface area (Å²) in [4.78, 5) is 0. The van der Waals surface area contributed by atoms with E-state index >= 15 is 0 Å². The van der Waals surface area contributed by atoms with Crippen LogP contribution >= 0.6 is 0 Å². The van der Waals surface area contributed by atoms with E-state index in [1.807, 2.05) is 24.3 Å². The van der Waals surface area contributed by atoms with E-state index in [2.05, 4.69) is 12.6 Å². The van der Waals surface area contributed by atoms with E-state index in [4.69, 9.17) is 13.3 Å². The van der Waals surface area contributed by atoms with Gasteiger partial charge >= 0.3 is 8.80 Å². The van der Waals surface area contributed by atoms with Gasteiger partial charge < -0.3 is 13.3 Å². The molecule has 0 fully saturated rings. The lowest BCUT2D eigenvalue weighted by Gasteiger charge is -2.24. The second-order valence-electron chi connectivity index (χ2n) is 3.42. The van der Waals surface area contributed by atoms with Crippen LogP contribution in [0.3, 0.4) is 0 Å². The lowest BCUT2D eigenvalue weighted by molar-refractivity contribution is 0.122. The van der Waals surface area contributed by atoms with Crippen LogP contribution in [0.1, 0.15) is 11.1 Å². The first-order chi connectivity index (χ1) is 7.69. The molecule has 0 atom stereocenters. The third kappa shape index (κ3) is 3.02. The molecule has 0 saturated carbocycles. The van der Waals surface area contributed by atoms with E-state index < -0.39 is 8.80 Å². The van der Waals surface area contributed by atoms with Gasteiger partial charge in [-0.15, -0.1) is 0 Å². The van der Waals surface area contributed by atoms with Crippen molar-refractivity contribution in [2.45, 2.75) is 6.04 Å². The van der Waals surface area contributed by atoms with Crippen LogP contribution in [0.5, 0.6) is 0 Å². The quantitative estimate of drug-likeness (QED) is 0.712. The highest BCUT2D eigenvalue weighted by molar-refractivity contribution is 6.60. The maximum atomic E-state index is 5.38. The topological polar surface area (TPSA) is 27.7 Å². The van der Waals surface area contributed by atoms with E-state index in [1.165, 1.54) is 0 Å². The van der Waals surface area contributed by atoms with Crippen LogP contribution in [0, 0.1) is 0 Å². The Hall–Kier alpha value is -0.943. The first-order valence-corrected chi connectivity index (χ1v) is 6.99. The molecular formula is C12H18O3Si. The van der Waals surface area contributed by atoms with E-state index in [-0.39, 0.29) is 0 Å². The van der Waals surface area contributed by atoms with Gasteiger partial charge in [0.05, 0.1) is 0 Å². The molecule has 0 aliphatic rings. The minimum Gasteiger partial charge on any atom is -0.377 e. The Kier molecular flexibility index (Phi) is 4.89. The Morgan fingerprint density at radius 2 is 1.81 bits per heavy atom. The minimum atomic E-state index is -2.53. The Morgan fingerprint density at radius 3 is 2.31 bits per heavy atom. The van der Waals surface area contributed by atoms with Gasteiger partial charge in [0.15, 0.2) is 0 Å². The fourth-order valence-corrected chi connectivity index (χ4v) is 3.20. The Labute approximate surface area is 98.0 Å². The molecule has 1 aromatic carbocycles. The van der Waals surface area contributed by atoms with E-state index in [1.54, 1.807) is 21.3 Å². The van der Waals surface area contributed by atoms with Crippen molar-refractivity contribution in [3.63, 3.8) is 0 Å². The van der Waals surface area contributed by atoms with Crippen molar-refractivity contribution in [1.29, 1.82) is 0 Å². The van der Waals surface area contributed by atoms with Gasteiger partial charge in [-0.1, -0.05) is 36.9 Å². The fraction of sp³-hybridized carbons (Fsp3) is 0.333. The molecule has 4 heteroatoms. The summed E-state index contributed by atoms with van der Waals surface area (Å²) in [7, 11) is 2.34. The first kappa shape index (κ1) is 13.1. The predicted molar refractivity (Wildman–Crippen MR) is 67.0 cm³/mol. The zero-order valence-electron chi connectivity index (χ0n) is 10.0. The smallest absolute Gasteiger partial charge is 0.377 e. The van der Waals surface area contributed by atoms with Crippen LogP contribution in [0.15, 0.2) is 30.8 Å². The highest BCUT2D eigenvalue weighted by Crippen LogP contribution is 2.16. The van der Waals surface area contributed by atoms with Crippen molar-refractivity contribution < 1.29 is 13.3 Å². The minimum absolute atomic E-state index is 0.665. The van der Waals surface area contributed by atoms with Crippen LogP contribution in [-0.2, 0) is 19.3 Å². The molecule has 16 heavy (non-hydrogen) atoms. The normalized spacial score (nSPS) is 11.4. The van der Waals surface area contributed by atoms with Crippen molar-refractivity contribution in [2.24, 2.45) is 0 Å². The average Bonchev–Trinajstić information content (AvgIpc) is 2.36. The van der Waals surface area contributed by atoms with E-state index in [0.29, 0.717) is 6.04 Å². The Balaban J connectivity index is 2.88. The van der Waals surface area contributed by atoms with Gasteiger partial charge in [-0.25, -0.2) is 0 Å². The van der Waals surface area contributed by atoms with Gasteiger partial charge in [-0.2, -0.15) is 0 Å². The van der Waals surface area contributed by atoms with Gasteiger partial charge in [-0.05, 0) is 11.1 Å². The predicted octanol–water partition coefficient (Wildman–Crippen LogP) is 2.29. The highest BCUT2D eigenvalue weighted by atomic mass is 28.4. The highest BCUT2D eigenvalue weighted by Gasteiger charge is 2.37. The molecule has 0 heterocycles. The zero-order valence-corrected chi connectivity index (χ0v) is 11.0. The third-order valence-electron chi connectivity index (χ3n) is 2.54. The number of rotatable bonds is 6. The van der Waals surface area contributed by atoms with Gasteiger partial charge in [0, 0.05) is 27.4 Å². The van der Waals surface area contributed by atoms with Crippen molar-refractivity contribution >= 4 is 14.9 Å². The summed E-state index contributed by atoms with van der Waals surface area (Å²) in [5.74, 6) is 0. The maximum Gasteiger partial charge on any atom is 0.504 e. The molecule has 0 radical (unpaired) electrons. The van der Waals surface area contributed by atoms with Crippen LogP contribution in [0.25, 0.3) is 6.08 Å². The van der Waals surface area contributed by atoms with E-state index in [0.717, 1.165) is 11.1 Å². The zero-order chi connectivity index (χ0) is 12.0. The SMILES string of the molecule is C=Cc1cccc(C[Si](OC)(OC)OC)c1. The van der Waals surface area contributed by atoms with Gasteiger partial charge in [-0.3, -0.25) is 0 Å². The van der Waals surface area contributed by atoms with Gasteiger partial charge in [0.25, 0.3) is 0 Å². The monoisotopic (exact) mass is 238 g/mol. The van der Waals surface area contributed by atoms with Gasteiger partial charge in [0.1, 0.15) is 0 Å². The fourth-order valence-electron chi connectivity index (χ4n) is 1.55. The molecule has 0 saturated heterocycles. The molecule has 0 aliphatic heterocycles. The largest absolute Gasteiger partial charge is 0.504 e. The molecular weight excluding hydrogens is 220 g/mol. The number of hydrogen-bond donors (Lipinski definition) is 0. The summed E-state index contributed by atoms with van der Waals surface area (Å²) < 4.78 is 16.1. The molecule has 88 valence electrons. The lowest BCUT2D eigenvalue weighted by Crippen LogP contribution is -2.45. The number of benzene rings is 1. The summed E-state index contributed by atoms with van der Waals surface area (Å²) in [5.41, 5.74) is 2.22. The summed E-state index contributed by atoms with van der Waals surface area (Å²) in [6.45, 7) is 3.75. The average molecular weight is 238 g/mol. The van der Waals surface area contributed by atoms with Crippen LogP contribution < -0.4 is 0 Å². The molecule has 0 aliphatic carbocycles. The van der Waals surface area contributed by atoms with Crippen LogP contribution in [0.4, 0.5) is 0 Å². The number of hydrogen-bond acceptors (Lipinski definition) is 3. The Morgan fingerprint density at radius 1 is 1.19 bits per heavy atom. The molecule has 0 aromatic heterocycles. The summed E-state index contributed by atoms with van der Waals surface area (Å²) >= 11 is 0. The maximum absolute atomic E-state index is 5.38. The first-order valence-electron chi connectivity index (χ1n) is 5.06. The van der Waals surface area contributed by atoms with Crippen molar-refractivity contribution in [3.05, 3.63) is 42.0 Å².